The van der Waals surface area contributed by atoms with Crippen LogP contribution < -0.4 is 5.73 Å². The third-order valence-electron chi connectivity index (χ3n) is 4.23. The van der Waals surface area contributed by atoms with E-state index in [1.807, 2.05) is 11.8 Å². The van der Waals surface area contributed by atoms with Gasteiger partial charge in [0.1, 0.15) is 0 Å². The zero-order chi connectivity index (χ0) is 15.5. The van der Waals surface area contributed by atoms with Crippen LogP contribution in [0.5, 0.6) is 0 Å². The van der Waals surface area contributed by atoms with E-state index in [9.17, 15) is 4.79 Å². The molecular formula is C17H25NO2S. The van der Waals surface area contributed by atoms with Crippen LogP contribution >= 0.6 is 11.8 Å². The van der Waals surface area contributed by atoms with Gasteiger partial charge < -0.3 is 10.5 Å². The highest BCUT2D eigenvalue weighted by atomic mass is 32.2. The molecule has 3 nitrogen and oxygen atoms in total. The highest BCUT2D eigenvalue weighted by Gasteiger charge is 2.44. The molecule has 0 amide bonds. The maximum absolute atomic E-state index is 11.4. The van der Waals surface area contributed by atoms with Crippen LogP contribution in [0.2, 0.25) is 0 Å². The van der Waals surface area contributed by atoms with Crippen molar-refractivity contribution in [1.29, 1.82) is 0 Å². The van der Waals surface area contributed by atoms with Gasteiger partial charge in [0, 0.05) is 11.8 Å². The number of methoxy groups -OCH3 is 1. The lowest BCUT2D eigenvalue weighted by Gasteiger charge is -2.17. The smallest absolute Gasteiger partial charge is 0.306 e. The lowest BCUT2D eigenvalue weighted by atomic mass is 10.0. The largest absolute Gasteiger partial charge is 0.469 e. The Kier molecular flexibility index (Phi) is 5.33. The van der Waals surface area contributed by atoms with Gasteiger partial charge in [-0.3, -0.25) is 4.79 Å². The van der Waals surface area contributed by atoms with Crippen LogP contribution in [0.15, 0.2) is 18.2 Å². The fourth-order valence-corrected chi connectivity index (χ4v) is 4.04. The monoisotopic (exact) mass is 307 g/mol. The van der Waals surface area contributed by atoms with Crippen LogP contribution in [0.25, 0.3) is 0 Å². The Labute approximate surface area is 131 Å². The molecule has 1 aromatic carbocycles. The Hall–Kier alpha value is -1.00. The van der Waals surface area contributed by atoms with Crippen LogP contribution in [0.1, 0.15) is 42.0 Å². The molecule has 21 heavy (non-hydrogen) atoms. The second-order valence-electron chi connectivity index (χ2n) is 6.23. The van der Waals surface area contributed by atoms with Gasteiger partial charge in [-0.05, 0) is 49.0 Å². The van der Waals surface area contributed by atoms with E-state index in [1.54, 1.807) is 0 Å². The quantitative estimate of drug-likeness (QED) is 0.785. The molecule has 1 atom stereocenters. The minimum absolute atomic E-state index is 0.0597. The zero-order valence-corrected chi connectivity index (χ0v) is 14.0. The number of carbonyl (C=O) groups excluding carboxylic acids is 1. The molecule has 1 fully saturated rings. The van der Waals surface area contributed by atoms with Gasteiger partial charge in [-0.2, -0.15) is 11.8 Å². The molecule has 0 heterocycles. The molecule has 0 saturated heterocycles. The van der Waals surface area contributed by atoms with Crippen molar-refractivity contribution in [3.05, 3.63) is 34.9 Å². The van der Waals surface area contributed by atoms with Gasteiger partial charge in [0.15, 0.2) is 0 Å². The van der Waals surface area contributed by atoms with Gasteiger partial charge in [0.2, 0.25) is 0 Å². The van der Waals surface area contributed by atoms with E-state index in [2.05, 4.69) is 32.0 Å². The SMILES string of the molecule is COC(=O)CC1(CSCC(N)c2ccc(C)cc2C)CC1. The number of benzene rings is 1. The maximum atomic E-state index is 11.4. The minimum atomic E-state index is -0.0909. The van der Waals surface area contributed by atoms with Gasteiger partial charge in [0.25, 0.3) is 0 Å². The molecule has 1 aliphatic rings. The Morgan fingerprint density at radius 1 is 1.43 bits per heavy atom. The molecule has 116 valence electrons. The van der Waals surface area contributed by atoms with Crippen molar-refractivity contribution in [3.63, 3.8) is 0 Å². The minimum Gasteiger partial charge on any atom is -0.469 e. The average Bonchev–Trinajstić information content (AvgIpc) is 3.18. The van der Waals surface area contributed by atoms with E-state index in [-0.39, 0.29) is 17.4 Å². The summed E-state index contributed by atoms with van der Waals surface area (Å²) >= 11 is 1.86. The number of carbonyl (C=O) groups is 1. The van der Waals surface area contributed by atoms with Gasteiger partial charge >= 0.3 is 5.97 Å². The molecule has 0 radical (unpaired) electrons. The number of esters is 1. The van der Waals surface area contributed by atoms with Gasteiger partial charge in [-0.15, -0.1) is 0 Å². The number of aryl methyl sites for hydroxylation is 2. The first-order chi connectivity index (χ1) is 9.96. The second kappa shape index (κ2) is 6.84. The summed E-state index contributed by atoms with van der Waals surface area (Å²) in [5.74, 6) is 1.81. The number of rotatable bonds is 7. The van der Waals surface area contributed by atoms with Crippen molar-refractivity contribution in [1.82, 2.24) is 0 Å². The molecular weight excluding hydrogens is 282 g/mol. The van der Waals surface area contributed by atoms with Crippen LogP contribution in [-0.4, -0.2) is 24.6 Å². The summed E-state index contributed by atoms with van der Waals surface area (Å²) in [6.07, 6.45) is 2.82. The summed E-state index contributed by atoms with van der Waals surface area (Å²) in [6.45, 7) is 4.22. The number of hydrogen-bond donors (Lipinski definition) is 1. The number of nitrogens with two attached hydrogens (primary N) is 1. The number of thioether (sulfide) groups is 1. The summed E-state index contributed by atoms with van der Waals surface area (Å²) in [5.41, 5.74) is 10.3. The van der Waals surface area contributed by atoms with Crippen molar-refractivity contribution < 1.29 is 9.53 Å². The molecule has 2 rings (SSSR count). The first kappa shape index (κ1) is 16.4. The normalized spacial score (nSPS) is 17.3. The van der Waals surface area contributed by atoms with Crippen molar-refractivity contribution >= 4 is 17.7 Å². The van der Waals surface area contributed by atoms with Crippen LogP contribution in [0.3, 0.4) is 0 Å². The van der Waals surface area contributed by atoms with Gasteiger partial charge in [-0.25, -0.2) is 0 Å². The predicted octanol–water partition coefficient (Wildman–Crippen LogP) is 3.38. The maximum Gasteiger partial charge on any atom is 0.306 e. The standard InChI is InChI=1S/C17H25NO2S/c1-12-4-5-14(13(2)8-12)15(18)10-21-11-17(6-7-17)9-16(19)20-3/h4-5,8,15H,6-7,9-11,18H2,1-3H3. The van der Waals surface area contributed by atoms with Crippen LogP contribution in [0, 0.1) is 19.3 Å². The molecule has 1 saturated carbocycles. The zero-order valence-electron chi connectivity index (χ0n) is 13.1. The highest BCUT2D eigenvalue weighted by molar-refractivity contribution is 7.99. The molecule has 4 heteroatoms. The van der Waals surface area contributed by atoms with E-state index in [0.29, 0.717) is 6.42 Å². The molecule has 1 unspecified atom stereocenters. The second-order valence-corrected chi connectivity index (χ2v) is 7.26. The van der Waals surface area contributed by atoms with Crippen LogP contribution in [-0.2, 0) is 9.53 Å². The lowest BCUT2D eigenvalue weighted by Crippen LogP contribution is -2.17. The summed E-state index contributed by atoms with van der Waals surface area (Å²) < 4.78 is 4.78. The molecule has 1 aromatic rings. The average molecular weight is 307 g/mol. The van der Waals surface area contributed by atoms with E-state index in [0.717, 1.165) is 24.3 Å². The van der Waals surface area contributed by atoms with Crippen molar-refractivity contribution in [2.45, 2.75) is 39.2 Å². The Bertz CT molecular complexity index is 512. The Balaban J connectivity index is 1.82. The summed E-state index contributed by atoms with van der Waals surface area (Å²) in [5, 5.41) is 0. The fraction of sp³-hybridized carbons (Fsp3) is 0.588. The number of hydrogen-bond acceptors (Lipinski definition) is 4. The van der Waals surface area contributed by atoms with E-state index >= 15 is 0 Å². The lowest BCUT2D eigenvalue weighted by molar-refractivity contribution is -0.141. The van der Waals surface area contributed by atoms with Gasteiger partial charge in [-0.1, -0.05) is 23.8 Å². The first-order valence-electron chi connectivity index (χ1n) is 7.43. The molecule has 0 aromatic heterocycles. The summed E-state index contributed by atoms with van der Waals surface area (Å²) in [6, 6.07) is 6.49. The van der Waals surface area contributed by atoms with Crippen molar-refractivity contribution in [2.24, 2.45) is 11.1 Å². The Morgan fingerprint density at radius 3 is 2.71 bits per heavy atom. The topological polar surface area (TPSA) is 52.3 Å². The third-order valence-corrected chi connectivity index (χ3v) is 5.65. The molecule has 0 spiro atoms. The van der Waals surface area contributed by atoms with Crippen molar-refractivity contribution in [3.8, 4) is 0 Å². The van der Waals surface area contributed by atoms with Crippen LogP contribution in [0.4, 0.5) is 0 Å². The van der Waals surface area contributed by atoms with E-state index < -0.39 is 0 Å². The fourth-order valence-electron chi connectivity index (χ4n) is 2.66. The third kappa shape index (κ3) is 4.48. The van der Waals surface area contributed by atoms with E-state index in [4.69, 9.17) is 10.5 Å². The molecule has 0 aliphatic heterocycles. The predicted molar refractivity (Wildman–Crippen MR) is 88.5 cm³/mol. The highest BCUT2D eigenvalue weighted by Crippen LogP contribution is 2.51. The molecule has 1 aliphatic carbocycles. The first-order valence-corrected chi connectivity index (χ1v) is 8.58. The van der Waals surface area contributed by atoms with E-state index in [1.165, 1.54) is 23.8 Å². The van der Waals surface area contributed by atoms with Gasteiger partial charge in [0.05, 0.1) is 13.5 Å². The van der Waals surface area contributed by atoms with Crippen molar-refractivity contribution in [2.75, 3.05) is 18.6 Å². The number of ether oxygens (including phenoxy) is 1. The molecule has 2 N–H and O–H groups in total. The molecule has 0 bridgehead atoms. The summed E-state index contributed by atoms with van der Waals surface area (Å²) in [7, 11) is 1.46. The summed E-state index contributed by atoms with van der Waals surface area (Å²) in [4.78, 5) is 11.4. The Morgan fingerprint density at radius 2 is 2.14 bits per heavy atom.